The highest BCUT2D eigenvalue weighted by Gasteiger charge is 2.12. The lowest BCUT2D eigenvalue weighted by Crippen LogP contribution is -2.40. The van der Waals surface area contributed by atoms with Crippen molar-refractivity contribution in [2.75, 3.05) is 26.9 Å². The molecule has 3 N–H and O–H groups in total. The fourth-order valence-electron chi connectivity index (χ4n) is 2.14. The molecule has 1 aliphatic rings. The van der Waals surface area contributed by atoms with Crippen molar-refractivity contribution in [2.24, 2.45) is 10.7 Å². The molecule has 2 atom stereocenters. The smallest absolute Gasteiger partial charge is 0.188 e. The number of nitrogens with zero attached hydrogens (tertiary/aromatic N) is 1. The van der Waals surface area contributed by atoms with Crippen LogP contribution in [0.5, 0.6) is 0 Å². The Balaban J connectivity index is 2.07. The first-order valence-electron chi connectivity index (χ1n) is 6.89. The molecule has 2 unspecified atom stereocenters. The molecule has 1 rings (SSSR count). The Hall–Kier alpha value is -0.810. The molecule has 1 saturated heterocycles. The topological polar surface area (TPSA) is 68.9 Å². The molecule has 1 fully saturated rings. The summed E-state index contributed by atoms with van der Waals surface area (Å²) in [6, 6.07) is 0.195. The Kier molecular flexibility index (Phi) is 7.76. The summed E-state index contributed by atoms with van der Waals surface area (Å²) in [6.45, 7) is 4.33. The molecule has 0 aromatic heterocycles. The number of guanidine groups is 1. The number of nitrogens with one attached hydrogen (secondary N) is 1. The summed E-state index contributed by atoms with van der Waals surface area (Å²) in [7, 11) is 1.68. The molecule has 0 radical (unpaired) electrons. The molecule has 106 valence electrons. The van der Waals surface area contributed by atoms with Crippen LogP contribution in [0.4, 0.5) is 0 Å². The summed E-state index contributed by atoms with van der Waals surface area (Å²) in [5.41, 5.74) is 5.78. The maximum atomic E-state index is 5.78. The van der Waals surface area contributed by atoms with Crippen molar-refractivity contribution < 1.29 is 9.47 Å². The van der Waals surface area contributed by atoms with Gasteiger partial charge in [0.25, 0.3) is 0 Å². The maximum Gasteiger partial charge on any atom is 0.188 e. The zero-order valence-electron chi connectivity index (χ0n) is 11.7. The second-order valence-corrected chi connectivity index (χ2v) is 4.90. The number of rotatable bonds is 7. The zero-order chi connectivity index (χ0) is 13.2. The van der Waals surface area contributed by atoms with Gasteiger partial charge < -0.3 is 20.5 Å². The summed E-state index contributed by atoms with van der Waals surface area (Å²) in [5, 5.41) is 3.09. The van der Waals surface area contributed by atoms with E-state index >= 15 is 0 Å². The summed E-state index contributed by atoms with van der Waals surface area (Å²) >= 11 is 0. The van der Waals surface area contributed by atoms with Gasteiger partial charge in [0, 0.05) is 26.3 Å². The van der Waals surface area contributed by atoms with Gasteiger partial charge in [-0.05, 0) is 39.0 Å². The van der Waals surface area contributed by atoms with Gasteiger partial charge in [-0.15, -0.1) is 0 Å². The van der Waals surface area contributed by atoms with E-state index in [4.69, 9.17) is 15.2 Å². The summed E-state index contributed by atoms with van der Waals surface area (Å²) in [6.07, 6.45) is 6.27. The molecule has 18 heavy (non-hydrogen) atoms. The van der Waals surface area contributed by atoms with Crippen molar-refractivity contribution in [3.8, 4) is 0 Å². The second kappa shape index (κ2) is 9.16. The third kappa shape index (κ3) is 6.81. The van der Waals surface area contributed by atoms with Crippen LogP contribution in [0.15, 0.2) is 4.99 Å². The van der Waals surface area contributed by atoms with E-state index in [2.05, 4.69) is 10.3 Å². The average molecular weight is 257 g/mol. The Labute approximate surface area is 110 Å². The minimum absolute atomic E-state index is 0.195. The Bertz CT molecular complexity index is 240. The molecule has 0 saturated carbocycles. The second-order valence-electron chi connectivity index (χ2n) is 4.90. The van der Waals surface area contributed by atoms with Gasteiger partial charge in [-0.3, -0.25) is 4.99 Å². The molecule has 0 aromatic carbocycles. The van der Waals surface area contributed by atoms with E-state index in [-0.39, 0.29) is 6.04 Å². The van der Waals surface area contributed by atoms with Gasteiger partial charge in [-0.25, -0.2) is 0 Å². The lowest BCUT2D eigenvalue weighted by atomic mass is 10.1. The van der Waals surface area contributed by atoms with Crippen LogP contribution < -0.4 is 11.1 Å². The van der Waals surface area contributed by atoms with Crippen LogP contribution in [0.2, 0.25) is 0 Å². The Morgan fingerprint density at radius 1 is 1.56 bits per heavy atom. The van der Waals surface area contributed by atoms with Crippen LogP contribution in [0.25, 0.3) is 0 Å². The largest absolute Gasteiger partial charge is 0.383 e. The normalized spacial score (nSPS) is 22.8. The molecule has 0 spiro atoms. The van der Waals surface area contributed by atoms with Crippen LogP contribution in [0.1, 0.15) is 39.0 Å². The van der Waals surface area contributed by atoms with Gasteiger partial charge >= 0.3 is 0 Å². The Morgan fingerprint density at radius 3 is 3.06 bits per heavy atom. The molecular formula is C13H27N3O2. The quantitative estimate of drug-likeness (QED) is 0.409. The van der Waals surface area contributed by atoms with Gasteiger partial charge in [0.1, 0.15) is 0 Å². The lowest BCUT2D eigenvalue weighted by molar-refractivity contribution is 0.0105. The van der Waals surface area contributed by atoms with Crippen LogP contribution in [-0.4, -0.2) is 45.0 Å². The highest BCUT2D eigenvalue weighted by Crippen LogP contribution is 2.16. The molecule has 0 aliphatic carbocycles. The monoisotopic (exact) mass is 257 g/mol. The maximum absolute atomic E-state index is 5.78. The molecular weight excluding hydrogens is 230 g/mol. The first kappa shape index (κ1) is 15.2. The molecule has 0 bridgehead atoms. The predicted molar refractivity (Wildman–Crippen MR) is 73.8 cm³/mol. The van der Waals surface area contributed by atoms with Crippen LogP contribution in [0.3, 0.4) is 0 Å². The number of ether oxygens (including phenoxy) is 2. The number of nitrogens with two attached hydrogens (primary N) is 1. The van der Waals surface area contributed by atoms with E-state index in [1.807, 2.05) is 6.92 Å². The first-order chi connectivity index (χ1) is 8.72. The van der Waals surface area contributed by atoms with Crippen LogP contribution in [-0.2, 0) is 9.47 Å². The molecule has 5 nitrogen and oxygen atoms in total. The van der Waals surface area contributed by atoms with E-state index in [1.54, 1.807) is 7.11 Å². The van der Waals surface area contributed by atoms with Crippen molar-refractivity contribution in [3.63, 3.8) is 0 Å². The summed E-state index contributed by atoms with van der Waals surface area (Å²) in [5.74, 6) is 0.504. The van der Waals surface area contributed by atoms with Crippen molar-refractivity contribution in [1.82, 2.24) is 5.32 Å². The van der Waals surface area contributed by atoms with Gasteiger partial charge in [-0.2, -0.15) is 0 Å². The molecule has 1 heterocycles. The van der Waals surface area contributed by atoms with E-state index in [9.17, 15) is 0 Å². The van der Waals surface area contributed by atoms with Crippen molar-refractivity contribution in [3.05, 3.63) is 0 Å². The van der Waals surface area contributed by atoms with Crippen molar-refractivity contribution in [1.29, 1.82) is 0 Å². The van der Waals surface area contributed by atoms with Crippen molar-refractivity contribution >= 4 is 5.96 Å². The third-order valence-corrected chi connectivity index (χ3v) is 3.05. The number of hydrogen-bond donors (Lipinski definition) is 2. The van der Waals surface area contributed by atoms with E-state index < -0.39 is 0 Å². The minimum atomic E-state index is 0.195. The molecule has 5 heteroatoms. The molecule has 0 amide bonds. The fraction of sp³-hybridized carbons (Fsp3) is 0.923. The lowest BCUT2D eigenvalue weighted by Gasteiger charge is -2.22. The standard InChI is InChI=1S/C13H27N3O2/c1-11(10-17-2)16-13(14)15-8-5-7-12-6-3-4-9-18-12/h11-12H,3-10H2,1-2H3,(H3,14,15,16). The number of hydrogen-bond acceptors (Lipinski definition) is 3. The predicted octanol–water partition coefficient (Wildman–Crippen LogP) is 1.27. The first-order valence-corrected chi connectivity index (χ1v) is 6.89. The Morgan fingerprint density at radius 2 is 2.39 bits per heavy atom. The third-order valence-electron chi connectivity index (χ3n) is 3.05. The highest BCUT2D eigenvalue weighted by atomic mass is 16.5. The SMILES string of the molecule is COCC(C)NC(N)=NCCCC1CCCCO1. The van der Waals surface area contributed by atoms with Gasteiger partial charge in [0.2, 0.25) is 0 Å². The van der Waals surface area contributed by atoms with E-state index in [0.717, 1.165) is 26.0 Å². The van der Waals surface area contributed by atoms with E-state index in [0.29, 0.717) is 18.7 Å². The number of aliphatic imine (C=N–C) groups is 1. The molecule has 1 aliphatic heterocycles. The van der Waals surface area contributed by atoms with Crippen LogP contribution in [0, 0.1) is 0 Å². The van der Waals surface area contributed by atoms with Gasteiger partial charge in [0.05, 0.1) is 12.7 Å². The molecule has 0 aromatic rings. The highest BCUT2D eigenvalue weighted by molar-refractivity contribution is 5.78. The summed E-state index contributed by atoms with van der Waals surface area (Å²) in [4.78, 5) is 4.30. The van der Waals surface area contributed by atoms with E-state index in [1.165, 1.54) is 19.3 Å². The number of methoxy groups -OCH3 is 1. The van der Waals surface area contributed by atoms with Gasteiger partial charge in [-0.1, -0.05) is 0 Å². The average Bonchev–Trinajstić information content (AvgIpc) is 2.36. The van der Waals surface area contributed by atoms with Gasteiger partial charge in [0.15, 0.2) is 5.96 Å². The minimum Gasteiger partial charge on any atom is -0.383 e. The zero-order valence-corrected chi connectivity index (χ0v) is 11.7. The van der Waals surface area contributed by atoms with Crippen LogP contribution >= 0.6 is 0 Å². The summed E-state index contributed by atoms with van der Waals surface area (Å²) < 4.78 is 10.7. The van der Waals surface area contributed by atoms with Crippen molar-refractivity contribution in [2.45, 2.75) is 51.2 Å². The fourth-order valence-corrected chi connectivity index (χ4v) is 2.14.